The summed E-state index contributed by atoms with van der Waals surface area (Å²) in [5.41, 5.74) is 1.79. The molecule has 190 valence electrons. The van der Waals surface area contributed by atoms with Crippen LogP contribution in [0.5, 0.6) is 11.5 Å². The fourth-order valence-corrected chi connectivity index (χ4v) is 8.60. The average molecular weight is 491 g/mol. The molecule has 3 saturated carbocycles. The highest BCUT2D eigenvalue weighted by Gasteiger charge is 2.73. The smallest absolute Gasteiger partial charge is 0.226 e. The molecule has 36 heavy (non-hydrogen) atoms. The van der Waals surface area contributed by atoms with Gasteiger partial charge in [0.2, 0.25) is 5.91 Å². The summed E-state index contributed by atoms with van der Waals surface area (Å²) in [5.74, 6) is 1.79. The molecule has 1 amide bonds. The SMILES string of the molecule is CN(C(=O)C1CC1c1ccoc1)C1CC[C@@]2(O)[C@H]3Cc4ccc(O)c5c4[C@@]2(CCN3CC2CC2)[C@H]1O5. The van der Waals surface area contributed by atoms with Gasteiger partial charge in [0, 0.05) is 31.1 Å². The van der Waals surface area contributed by atoms with Crippen LogP contribution in [0.15, 0.2) is 35.1 Å². The molecule has 2 aromatic rings. The van der Waals surface area contributed by atoms with E-state index in [0.717, 1.165) is 49.4 Å². The van der Waals surface area contributed by atoms with Crippen molar-refractivity contribution in [3.8, 4) is 11.5 Å². The minimum atomic E-state index is -0.920. The third-order valence-corrected chi connectivity index (χ3v) is 10.7. The summed E-state index contributed by atoms with van der Waals surface area (Å²) in [7, 11) is 1.91. The number of aliphatic hydroxyl groups is 1. The lowest BCUT2D eigenvalue weighted by molar-refractivity contribution is -0.200. The van der Waals surface area contributed by atoms with E-state index in [4.69, 9.17) is 9.15 Å². The number of rotatable bonds is 5. The van der Waals surface area contributed by atoms with Crippen LogP contribution in [0.25, 0.3) is 0 Å². The summed E-state index contributed by atoms with van der Waals surface area (Å²) in [4.78, 5) is 18.1. The molecule has 6 aliphatic rings. The molecule has 3 heterocycles. The largest absolute Gasteiger partial charge is 0.504 e. The van der Waals surface area contributed by atoms with Crippen molar-refractivity contribution in [3.05, 3.63) is 47.4 Å². The van der Waals surface area contributed by atoms with E-state index in [1.807, 2.05) is 24.1 Å². The second kappa shape index (κ2) is 7.07. The van der Waals surface area contributed by atoms with Crippen LogP contribution in [0.4, 0.5) is 0 Å². The minimum absolute atomic E-state index is 0.0295. The van der Waals surface area contributed by atoms with Gasteiger partial charge in [0.15, 0.2) is 11.5 Å². The zero-order chi connectivity index (χ0) is 24.4. The first-order chi connectivity index (χ1) is 17.4. The summed E-state index contributed by atoms with van der Waals surface area (Å²) in [6.07, 6.45) is 9.42. The van der Waals surface area contributed by atoms with Crippen LogP contribution in [0.1, 0.15) is 61.1 Å². The first-order valence-electron chi connectivity index (χ1n) is 13.7. The maximum Gasteiger partial charge on any atom is 0.226 e. The van der Waals surface area contributed by atoms with Crippen molar-refractivity contribution in [2.75, 3.05) is 20.1 Å². The molecule has 1 aromatic carbocycles. The topological polar surface area (TPSA) is 86.4 Å². The Bertz CT molecular complexity index is 1240. The molecule has 2 N–H and O–H groups in total. The molecule has 1 spiro atoms. The number of hydrogen-bond acceptors (Lipinski definition) is 6. The highest BCUT2D eigenvalue weighted by molar-refractivity contribution is 5.83. The maximum absolute atomic E-state index is 13.7. The van der Waals surface area contributed by atoms with Gasteiger partial charge >= 0.3 is 0 Å². The number of phenolic OH excluding ortho intramolecular Hbond substituents is 1. The Hall–Kier alpha value is -2.51. The molecule has 1 saturated heterocycles. The Morgan fingerprint density at radius 3 is 2.86 bits per heavy atom. The van der Waals surface area contributed by atoms with Gasteiger partial charge < -0.3 is 24.3 Å². The number of ether oxygens (including phenoxy) is 1. The van der Waals surface area contributed by atoms with Crippen molar-refractivity contribution in [1.82, 2.24) is 9.80 Å². The monoisotopic (exact) mass is 490 g/mol. The number of carbonyl (C=O) groups is 1. The van der Waals surface area contributed by atoms with Gasteiger partial charge in [-0.05, 0) is 86.6 Å². The maximum atomic E-state index is 13.7. The average Bonchev–Trinajstić information content (AvgIpc) is 3.76. The van der Waals surface area contributed by atoms with Crippen molar-refractivity contribution in [2.45, 2.75) is 80.1 Å². The zero-order valence-corrected chi connectivity index (χ0v) is 20.7. The highest BCUT2D eigenvalue weighted by Crippen LogP contribution is 2.66. The molecule has 2 bridgehead atoms. The Morgan fingerprint density at radius 2 is 2.08 bits per heavy atom. The summed E-state index contributed by atoms with van der Waals surface area (Å²) in [6, 6.07) is 5.65. The molecule has 3 unspecified atom stereocenters. The molecule has 0 radical (unpaired) electrons. The van der Waals surface area contributed by atoms with Gasteiger partial charge in [-0.3, -0.25) is 9.69 Å². The van der Waals surface area contributed by atoms with Crippen LogP contribution >= 0.6 is 0 Å². The zero-order valence-electron chi connectivity index (χ0n) is 20.7. The van der Waals surface area contributed by atoms with E-state index in [1.54, 1.807) is 18.6 Å². The molecule has 8 rings (SSSR count). The molecule has 2 aliphatic heterocycles. The number of carbonyl (C=O) groups excluding carboxylic acids is 1. The van der Waals surface area contributed by atoms with Crippen LogP contribution in [0.2, 0.25) is 0 Å². The number of likely N-dealkylation sites (tertiary alicyclic amines) is 1. The molecule has 7 nitrogen and oxygen atoms in total. The molecule has 1 aromatic heterocycles. The van der Waals surface area contributed by atoms with Crippen LogP contribution in [0, 0.1) is 11.8 Å². The van der Waals surface area contributed by atoms with Crippen molar-refractivity contribution in [2.24, 2.45) is 11.8 Å². The lowest BCUT2D eigenvalue weighted by Gasteiger charge is -2.64. The highest BCUT2D eigenvalue weighted by atomic mass is 16.5. The van der Waals surface area contributed by atoms with Crippen LogP contribution in [-0.2, 0) is 16.6 Å². The molecule has 7 atom stereocenters. The van der Waals surface area contributed by atoms with E-state index in [2.05, 4.69) is 4.90 Å². The standard InChI is InChI=1S/C29H34N2O5/c1-30(27(33)20-13-19(20)18-7-11-35-15-18)21-6-8-29(34)23-12-17-4-5-22(32)25-24(17)28(29,26(21)36-25)9-10-31(23)14-16-2-3-16/h4-5,7,11,15-16,19-21,23,26,32,34H,2-3,6,8-10,12-14H2,1H3/t19?,20?,21?,23-,26+,28+,29-/m1/s1. The number of aromatic hydroxyl groups is 1. The van der Waals surface area contributed by atoms with Gasteiger partial charge in [-0.25, -0.2) is 0 Å². The fraction of sp³-hybridized carbons (Fsp3) is 0.621. The van der Waals surface area contributed by atoms with Crippen LogP contribution < -0.4 is 4.74 Å². The Balaban J connectivity index is 1.17. The first kappa shape index (κ1) is 21.6. The molecule has 4 aliphatic carbocycles. The Labute approximate surface area is 211 Å². The molecular weight excluding hydrogens is 456 g/mol. The predicted molar refractivity (Wildman–Crippen MR) is 131 cm³/mol. The Morgan fingerprint density at radius 1 is 1.22 bits per heavy atom. The van der Waals surface area contributed by atoms with E-state index in [1.165, 1.54) is 18.4 Å². The summed E-state index contributed by atoms with van der Waals surface area (Å²) in [6.45, 7) is 1.99. The van der Waals surface area contributed by atoms with Gasteiger partial charge in [0.05, 0.1) is 29.6 Å². The number of nitrogens with zero attached hydrogens (tertiary/aromatic N) is 2. The van der Waals surface area contributed by atoms with Gasteiger partial charge in [0.1, 0.15) is 6.10 Å². The predicted octanol–water partition coefficient (Wildman–Crippen LogP) is 3.18. The fourth-order valence-electron chi connectivity index (χ4n) is 8.60. The van der Waals surface area contributed by atoms with Crippen molar-refractivity contribution >= 4 is 5.91 Å². The number of benzene rings is 1. The van der Waals surface area contributed by atoms with Gasteiger partial charge in [-0.1, -0.05) is 6.07 Å². The number of furan rings is 1. The van der Waals surface area contributed by atoms with Gasteiger partial charge in [-0.2, -0.15) is 0 Å². The lowest BCUT2D eigenvalue weighted by Crippen LogP contribution is -2.78. The van der Waals surface area contributed by atoms with Gasteiger partial charge in [0.25, 0.3) is 0 Å². The number of piperidine rings is 1. The van der Waals surface area contributed by atoms with Crippen LogP contribution in [0.3, 0.4) is 0 Å². The second-order valence-corrected chi connectivity index (χ2v) is 12.4. The van der Waals surface area contributed by atoms with E-state index >= 15 is 0 Å². The number of likely N-dealkylation sites (N-methyl/N-ethyl adjacent to an activating group) is 1. The molecule has 7 heteroatoms. The van der Waals surface area contributed by atoms with E-state index in [0.29, 0.717) is 18.6 Å². The third kappa shape index (κ3) is 2.63. The number of hydrogen-bond donors (Lipinski definition) is 2. The minimum Gasteiger partial charge on any atom is -0.504 e. The third-order valence-electron chi connectivity index (χ3n) is 10.7. The van der Waals surface area contributed by atoms with Crippen molar-refractivity contribution < 1.29 is 24.2 Å². The normalized spacial score (nSPS) is 39.9. The summed E-state index contributed by atoms with van der Waals surface area (Å²) < 4.78 is 11.9. The number of amides is 1. The van der Waals surface area contributed by atoms with E-state index in [-0.39, 0.29) is 41.7 Å². The molecule has 4 fully saturated rings. The quantitative estimate of drug-likeness (QED) is 0.670. The van der Waals surface area contributed by atoms with Crippen LogP contribution in [-0.4, -0.2) is 69.8 Å². The van der Waals surface area contributed by atoms with Gasteiger partial charge in [-0.15, -0.1) is 0 Å². The van der Waals surface area contributed by atoms with Crippen molar-refractivity contribution in [3.63, 3.8) is 0 Å². The summed E-state index contributed by atoms with van der Waals surface area (Å²) >= 11 is 0. The van der Waals surface area contributed by atoms with E-state index in [9.17, 15) is 15.0 Å². The summed E-state index contributed by atoms with van der Waals surface area (Å²) in [5, 5.41) is 23.5. The lowest BCUT2D eigenvalue weighted by atomic mass is 9.48. The second-order valence-electron chi connectivity index (χ2n) is 12.4. The first-order valence-corrected chi connectivity index (χ1v) is 13.7. The number of phenols is 1. The van der Waals surface area contributed by atoms with Crippen molar-refractivity contribution in [1.29, 1.82) is 0 Å². The molecular formula is C29H34N2O5. The Kier molecular flexibility index (Phi) is 4.24. The van der Waals surface area contributed by atoms with E-state index < -0.39 is 11.0 Å².